The SMILES string of the molecule is C=CC(C=O)(CCCCC)CCCCC. The number of rotatable bonds is 10. The van der Waals surface area contributed by atoms with Crippen LogP contribution in [-0.4, -0.2) is 6.29 Å². The Morgan fingerprint density at radius 2 is 1.47 bits per heavy atom. The minimum atomic E-state index is -0.232. The van der Waals surface area contributed by atoms with Gasteiger partial charge in [0.1, 0.15) is 6.29 Å². The molecule has 0 amide bonds. The molecule has 1 heteroatoms. The van der Waals surface area contributed by atoms with E-state index in [0.717, 1.165) is 32.0 Å². The Morgan fingerprint density at radius 3 is 1.73 bits per heavy atom. The molecule has 0 aromatic rings. The lowest BCUT2D eigenvalue weighted by molar-refractivity contribution is -0.114. The zero-order valence-electron chi connectivity index (χ0n) is 10.4. The lowest BCUT2D eigenvalue weighted by Gasteiger charge is -2.23. The number of hydrogen-bond acceptors (Lipinski definition) is 1. The van der Waals surface area contributed by atoms with Gasteiger partial charge in [-0.3, -0.25) is 0 Å². The van der Waals surface area contributed by atoms with E-state index in [9.17, 15) is 4.79 Å². The maximum absolute atomic E-state index is 11.2. The second-order valence-electron chi connectivity index (χ2n) is 4.47. The molecule has 15 heavy (non-hydrogen) atoms. The highest BCUT2D eigenvalue weighted by molar-refractivity contribution is 5.62. The summed E-state index contributed by atoms with van der Waals surface area (Å²) in [6.45, 7) is 8.21. The molecule has 0 heterocycles. The minimum absolute atomic E-state index is 0.232. The molecule has 0 unspecified atom stereocenters. The molecule has 0 bridgehead atoms. The largest absolute Gasteiger partial charge is 0.302 e. The van der Waals surface area contributed by atoms with E-state index in [-0.39, 0.29) is 5.41 Å². The molecule has 0 spiro atoms. The lowest BCUT2D eigenvalue weighted by atomic mass is 9.79. The van der Waals surface area contributed by atoms with Crippen LogP contribution in [0.15, 0.2) is 12.7 Å². The van der Waals surface area contributed by atoms with E-state index >= 15 is 0 Å². The summed E-state index contributed by atoms with van der Waals surface area (Å²) in [6.07, 6.45) is 12.1. The average Bonchev–Trinajstić information content (AvgIpc) is 2.28. The van der Waals surface area contributed by atoms with Gasteiger partial charge < -0.3 is 4.79 Å². The van der Waals surface area contributed by atoms with Crippen molar-refractivity contribution in [3.05, 3.63) is 12.7 Å². The van der Waals surface area contributed by atoms with Gasteiger partial charge in [0.15, 0.2) is 0 Å². The van der Waals surface area contributed by atoms with E-state index in [4.69, 9.17) is 0 Å². The van der Waals surface area contributed by atoms with Crippen LogP contribution in [0.3, 0.4) is 0 Å². The van der Waals surface area contributed by atoms with Crippen molar-refractivity contribution in [2.45, 2.75) is 65.2 Å². The third-order valence-electron chi connectivity index (χ3n) is 3.13. The van der Waals surface area contributed by atoms with Crippen molar-refractivity contribution in [3.63, 3.8) is 0 Å². The molecular weight excluding hydrogens is 184 g/mol. The maximum atomic E-state index is 11.2. The summed E-state index contributed by atoms with van der Waals surface area (Å²) in [5.74, 6) is 0. The summed E-state index contributed by atoms with van der Waals surface area (Å²) in [5, 5.41) is 0. The molecule has 0 radical (unpaired) electrons. The normalized spacial score (nSPS) is 11.3. The predicted molar refractivity (Wildman–Crippen MR) is 67.0 cm³/mol. The highest BCUT2D eigenvalue weighted by Gasteiger charge is 2.24. The summed E-state index contributed by atoms with van der Waals surface area (Å²) < 4.78 is 0. The molecule has 0 fully saturated rings. The van der Waals surface area contributed by atoms with Crippen LogP contribution in [0.4, 0.5) is 0 Å². The molecule has 0 aliphatic carbocycles. The molecule has 0 aliphatic heterocycles. The monoisotopic (exact) mass is 210 g/mol. The first-order valence-corrected chi connectivity index (χ1v) is 6.34. The van der Waals surface area contributed by atoms with Crippen LogP contribution in [0, 0.1) is 5.41 Å². The van der Waals surface area contributed by atoms with Crippen molar-refractivity contribution < 1.29 is 4.79 Å². The Balaban J connectivity index is 4.05. The van der Waals surface area contributed by atoms with Crippen LogP contribution in [0.5, 0.6) is 0 Å². The second kappa shape index (κ2) is 8.70. The number of carbonyl (C=O) groups is 1. The van der Waals surface area contributed by atoms with Crippen LogP contribution >= 0.6 is 0 Å². The van der Waals surface area contributed by atoms with Gasteiger partial charge in [0.2, 0.25) is 0 Å². The van der Waals surface area contributed by atoms with Gasteiger partial charge in [-0.05, 0) is 12.8 Å². The standard InChI is InChI=1S/C14H26O/c1-4-7-9-11-14(6-3,13-15)12-10-8-5-2/h6,13H,3-5,7-12H2,1-2H3. The fourth-order valence-electron chi connectivity index (χ4n) is 1.90. The molecule has 0 aromatic carbocycles. The second-order valence-corrected chi connectivity index (χ2v) is 4.47. The molecular formula is C14H26O. The van der Waals surface area contributed by atoms with Gasteiger partial charge in [-0.1, -0.05) is 58.4 Å². The van der Waals surface area contributed by atoms with Gasteiger partial charge in [0.05, 0.1) is 0 Å². The predicted octanol–water partition coefficient (Wildman–Crippen LogP) is 4.52. The number of carbonyl (C=O) groups excluding carboxylic acids is 1. The van der Waals surface area contributed by atoms with Crippen molar-refractivity contribution in [1.82, 2.24) is 0 Å². The van der Waals surface area contributed by atoms with E-state index in [1.807, 2.05) is 6.08 Å². The Kier molecular flexibility index (Phi) is 8.35. The molecule has 0 N–H and O–H groups in total. The highest BCUT2D eigenvalue weighted by Crippen LogP contribution is 2.30. The number of hydrogen-bond donors (Lipinski definition) is 0. The number of aldehydes is 1. The smallest absolute Gasteiger partial charge is 0.129 e. The lowest BCUT2D eigenvalue weighted by Crippen LogP contribution is -2.19. The van der Waals surface area contributed by atoms with E-state index in [0.29, 0.717) is 0 Å². The van der Waals surface area contributed by atoms with Gasteiger partial charge >= 0.3 is 0 Å². The van der Waals surface area contributed by atoms with E-state index in [2.05, 4.69) is 20.4 Å². The fraction of sp³-hybridized carbons (Fsp3) is 0.786. The Hall–Kier alpha value is -0.590. The summed E-state index contributed by atoms with van der Waals surface area (Å²) in [4.78, 5) is 11.2. The first-order valence-electron chi connectivity index (χ1n) is 6.34. The van der Waals surface area contributed by atoms with Crippen LogP contribution in [0.25, 0.3) is 0 Å². The molecule has 0 atom stereocenters. The highest BCUT2D eigenvalue weighted by atomic mass is 16.1. The quantitative estimate of drug-likeness (QED) is 0.294. The van der Waals surface area contributed by atoms with Gasteiger partial charge in [-0.25, -0.2) is 0 Å². The van der Waals surface area contributed by atoms with Crippen LogP contribution in [0.1, 0.15) is 65.2 Å². The van der Waals surface area contributed by atoms with Gasteiger partial charge in [0.25, 0.3) is 0 Å². The molecule has 0 rings (SSSR count). The van der Waals surface area contributed by atoms with Gasteiger partial charge in [0, 0.05) is 5.41 Å². The van der Waals surface area contributed by atoms with Crippen LogP contribution in [-0.2, 0) is 4.79 Å². The third-order valence-corrected chi connectivity index (χ3v) is 3.13. The van der Waals surface area contributed by atoms with Crippen molar-refractivity contribution in [1.29, 1.82) is 0 Å². The molecule has 0 aromatic heterocycles. The summed E-state index contributed by atoms with van der Waals surface area (Å²) in [6, 6.07) is 0. The van der Waals surface area contributed by atoms with Crippen LogP contribution < -0.4 is 0 Å². The zero-order valence-corrected chi connectivity index (χ0v) is 10.4. The van der Waals surface area contributed by atoms with Crippen LogP contribution in [0.2, 0.25) is 0 Å². The molecule has 1 nitrogen and oxygen atoms in total. The maximum Gasteiger partial charge on any atom is 0.129 e. The first-order chi connectivity index (χ1) is 7.24. The topological polar surface area (TPSA) is 17.1 Å². The molecule has 88 valence electrons. The summed E-state index contributed by atoms with van der Waals surface area (Å²) in [5.41, 5.74) is -0.232. The fourth-order valence-corrected chi connectivity index (χ4v) is 1.90. The Morgan fingerprint density at radius 1 is 1.00 bits per heavy atom. The summed E-state index contributed by atoms with van der Waals surface area (Å²) >= 11 is 0. The summed E-state index contributed by atoms with van der Waals surface area (Å²) in [7, 11) is 0. The van der Waals surface area contributed by atoms with Crippen molar-refractivity contribution >= 4 is 6.29 Å². The van der Waals surface area contributed by atoms with Crippen molar-refractivity contribution in [2.75, 3.05) is 0 Å². The Bertz CT molecular complexity index is 152. The van der Waals surface area contributed by atoms with Gasteiger partial charge in [-0.15, -0.1) is 6.58 Å². The molecule has 0 saturated heterocycles. The third kappa shape index (κ3) is 5.76. The first kappa shape index (κ1) is 14.4. The Labute approximate surface area is 95.0 Å². The number of allylic oxidation sites excluding steroid dienone is 1. The minimum Gasteiger partial charge on any atom is -0.302 e. The van der Waals surface area contributed by atoms with E-state index in [1.165, 1.54) is 25.7 Å². The van der Waals surface area contributed by atoms with Crippen molar-refractivity contribution in [3.8, 4) is 0 Å². The van der Waals surface area contributed by atoms with Crippen molar-refractivity contribution in [2.24, 2.45) is 5.41 Å². The zero-order chi connectivity index (χ0) is 11.6. The van der Waals surface area contributed by atoms with Gasteiger partial charge in [-0.2, -0.15) is 0 Å². The molecule has 0 saturated carbocycles. The number of unbranched alkanes of at least 4 members (excludes halogenated alkanes) is 4. The molecule has 0 aliphatic rings. The van der Waals surface area contributed by atoms with E-state index < -0.39 is 0 Å². The average molecular weight is 210 g/mol. The van der Waals surface area contributed by atoms with E-state index in [1.54, 1.807) is 0 Å².